The van der Waals surface area contributed by atoms with E-state index in [9.17, 15) is 14.4 Å². The number of hydrogen-bond acceptors (Lipinski definition) is 5. The van der Waals surface area contributed by atoms with Gasteiger partial charge in [-0.1, -0.05) is 30.3 Å². The predicted octanol–water partition coefficient (Wildman–Crippen LogP) is 3.06. The van der Waals surface area contributed by atoms with Crippen molar-refractivity contribution in [2.45, 2.75) is 58.3 Å². The Hall–Kier alpha value is -2.77. The molecule has 0 aromatic heterocycles. The van der Waals surface area contributed by atoms with E-state index in [1.54, 1.807) is 20.8 Å². The van der Waals surface area contributed by atoms with Gasteiger partial charge in [-0.05, 0) is 39.2 Å². The third-order valence-electron chi connectivity index (χ3n) is 3.35. The fourth-order valence-corrected chi connectivity index (χ4v) is 2.22. The van der Waals surface area contributed by atoms with Crippen LogP contribution in [-0.2, 0) is 20.9 Å². The molecule has 0 radical (unpaired) electrons. The van der Waals surface area contributed by atoms with E-state index < -0.39 is 29.8 Å². The molecule has 0 heterocycles. The summed E-state index contributed by atoms with van der Waals surface area (Å²) in [6, 6.07) is 8.72. The smallest absolute Gasteiger partial charge is 0.407 e. The Morgan fingerprint density at radius 3 is 2.37 bits per heavy atom. The molecule has 0 bridgehead atoms. The van der Waals surface area contributed by atoms with E-state index >= 15 is 0 Å². The first-order chi connectivity index (χ1) is 12.7. The Kier molecular flexibility index (Phi) is 9.12. The molecule has 8 heteroatoms. The third kappa shape index (κ3) is 11.5. The minimum atomic E-state index is -1.02. The quantitative estimate of drug-likeness (QED) is 0.567. The molecular weight excluding hydrogens is 352 g/mol. The number of rotatable bonds is 9. The van der Waals surface area contributed by atoms with E-state index in [0.29, 0.717) is 19.4 Å². The molecule has 1 atom stereocenters. The van der Waals surface area contributed by atoms with Crippen molar-refractivity contribution in [3.8, 4) is 0 Å². The molecule has 1 aromatic carbocycles. The molecule has 0 spiro atoms. The number of amides is 2. The Balaban J connectivity index is 2.30. The number of carboxylic acid groups (broad SMARTS) is 1. The maximum absolute atomic E-state index is 11.8. The van der Waals surface area contributed by atoms with Gasteiger partial charge >= 0.3 is 18.2 Å². The maximum atomic E-state index is 11.8. The van der Waals surface area contributed by atoms with Crippen LogP contribution in [0.2, 0.25) is 0 Å². The minimum Gasteiger partial charge on any atom is -0.481 e. The fourth-order valence-electron chi connectivity index (χ4n) is 2.22. The zero-order chi connectivity index (χ0) is 20.3. The van der Waals surface area contributed by atoms with Crippen molar-refractivity contribution in [2.75, 3.05) is 6.54 Å². The van der Waals surface area contributed by atoms with Crippen LogP contribution in [0.4, 0.5) is 9.59 Å². The lowest BCUT2D eigenvalue weighted by Crippen LogP contribution is -2.40. The van der Waals surface area contributed by atoms with Crippen LogP contribution in [0.15, 0.2) is 30.3 Å². The van der Waals surface area contributed by atoms with Crippen molar-refractivity contribution in [2.24, 2.45) is 0 Å². The number of carbonyl (C=O) groups is 3. The summed E-state index contributed by atoms with van der Waals surface area (Å²) >= 11 is 0. The van der Waals surface area contributed by atoms with Gasteiger partial charge in [-0.3, -0.25) is 4.79 Å². The second kappa shape index (κ2) is 11.1. The van der Waals surface area contributed by atoms with Crippen LogP contribution in [0.3, 0.4) is 0 Å². The van der Waals surface area contributed by atoms with E-state index in [4.69, 9.17) is 14.6 Å². The average molecular weight is 380 g/mol. The Labute approximate surface area is 159 Å². The molecule has 150 valence electrons. The summed E-state index contributed by atoms with van der Waals surface area (Å²) in [5.41, 5.74) is 0.220. The second-order valence-corrected chi connectivity index (χ2v) is 7.07. The SMILES string of the molecule is CC(C)(C)OC(=O)NC(CCCNC(=O)OCc1ccccc1)CC(=O)O. The van der Waals surface area contributed by atoms with Crippen molar-refractivity contribution in [3.63, 3.8) is 0 Å². The summed E-state index contributed by atoms with van der Waals surface area (Å²) in [5.74, 6) is -1.02. The predicted molar refractivity (Wildman–Crippen MR) is 99.3 cm³/mol. The lowest BCUT2D eigenvalue weighted by molar-refractivity contribution is -0.137. The molecule has 27 heavy (non-hydrogen) atoms. The molecule has 0 aliphatic rings. The van der Waals surface area contributed by atoms with Crippen LogP contribution in [0.25, 0.3) is 0 Å². The summed E-state index contributed by atoms with van der Waals surface area (Å²) in [6.07, 6.45) is -0.575. The molecule has 2 amide bonds. The molecule has 8 nitrogen and oxygen atoms in total. The lowest BCUT2D eigenvalue weighted by atomic mass is 10.1. The third-order valence-corrected chi connectivity index (χ3v) is 3.35. The van der Waals surface area contributed by atoms with E-state index in [2.05, 4.69) is 10.6 Å². The van der Waals surface area contributed by atoms with Crippen LogP contribution >= 0.6 is 0 Å². The molecule has 0 saturated heterocycles. The van der Waals surface area contributed by atoms with E-state index in [0.717, 1.165) is 5.56 Å². The average Bonchev–Trinajstić information content (AvgIpc) is 2.55. The lowest BCUT2D eigenvalue weighted by Gasteiger charge is -2.23. The first kappa shape index (κ1) is 22.3. The van der Waals surface area contributed by atoms with E-state index in [1.165, 1.54) is 0 Å². The summed E-state index contributed by atoms with van der Waals surface area (Å²) in [7, 11) is 0. The van der Waals surface area contributed by atoms with Gasteiger partial charge in [0.2, 0.25) is 0 Å². The monoisotopic (exact) mass is 380 g/mol. The summed E-state index contributed by atoms with van der Waals surface area (Å²) in [5, 5.41) is 14.1. The summed E-state index contributed by atoms with van der Waals surface area (Å²) in [4.78, 5) is 34.4. The molecule has 1 unspecified atom stereocenters. The first-order valence-electron chi connectivity index (χ1n) is 8.81. The molecule has 0 aliphatic heterocycles. The van der Waals surface area contributed by atoms with Crippen LogP contribution in [-0.4, -0.2) is 41.4 Å². The van der Waals surface area contributed by atoms with Gasteiger partial charge in [-0.15, -0.1) is 0 Å². The standard InChI is InChI=1S/C19H28N2O6/c1-19(2,3)27-18(25)21-15(12-16(22)23)10-7-11-20-17(24)26-13-14-8-5-4-6-9-14/h4-6,8-9,15H,7,10-13H2,1-3H3,(H,20,24)(H,21,25)(H,22,23). The molecule has 1 aromatic rings. The molecule has 3 N–H and O–H groups in total. The van der Waals surface area contributed by atoms with Gasteiger partial charge in [0.05, 0.1) is 6.42 Å². The van der Waals surface area contributed by atoms with Crippen molar-refractivity contribution in [1.29, 1.82) is 0 Å². The molecule has 1 rings (SSSR count). The number of carboxylic acids is 1. The molecular formula is C19H28N2O6. The number of carbonyl (C=O) groups excluding carboxylic acids is 2. The highest BCUT2D eigenvalue weighted by Gasteiger charge is 2.21. The Morgan fingerprint density at radius 2 is 1.78 bits per heavy atom. The molecule has 0 saturated carbocycles. The van der Waals surface area contributed by atoms with Crippen molar-refractivity contribution < 1.29 is 29.0 Å². The van der Waals surface area contributed by atoms with Crippen molar-refractivity contribution in [1.82, 2.24) is 10.6 Å². The Bertz CT molecular complexity index is 612. The number of ether oxygens (including phenoxy) is 2. The zero-order valence-electron chi connectivity index (χ0n) is 16.0. The van der Waals surface area contributed by atoms with Crippen molar-refractivity contribution in [3.05, 3.63) is 35.9 Å². The molecule has 0 fully saturated rings. The number of alkyl carbamates (subject to hydrolysis) is 2. The number of hydrogen-bond donors (Lipinski definition) is 3. The van der Waals surface area contributed by atoms with E-state index in [-0.39, 0.29) is 13.0 Å². The topological polar surface area (TPSA) is 114 Å². The number of aliphatic carboxylic acids is 1. The maximum Gasteiger partial charge on any atom is 0.407 e. The number of nitrogens with one attached hydrogen (secondary N) is 2. The fraction of sp³-hybridized carbons (Fsp3) is 0.526. The van der Waals surface area contributed by atoms with Gasteiger partial charge < -0.3 is 25.2 Å². The van der Waals surface area contributed by atoms with Crippen LogP contribution in [0.5, 0.6) is 0 Å². The highest BCUT2D eigenvalue weighted by Crippen LogP contribution is 2.09. The van der Waals surface area contributed by atoms with Crippen LogP contribution in [0, 0.1) is 0 Å². The second-order valence-electron chi connectivity index (χ2n) is 7.07. The largest absolute Gasteiger partial charge is 0.481 e. The van der Waals surface area contributed by atoms with Crippen LogP contribution < -0.4 is 10.6 Å². The molecule has 0 aliphatic carbocycles. The zero-order valence-corrected chi connectivity index (χ0v) is 16.0. The van der Waals surface area contributed by atoms with Gasteiger partial charge in [0, 0.05) is 12.6 Å². The Morgan fingerprint density at radius 1 is 1.11 bits per heavy atom. The van der Waals surface area contributed by atoms with Crippen LogP contribution in [0.1, 0.15) is 45.6 Å². The van der Waals surface area contributed by atoms with Gasteiger partial charge in [-0.25, -0.2) is 9.59 Å². The number of benzene rings is 1. The van der Waals surface area contributed by atoms with Gasteiger partial charge in [0.1, 0.15) is 12.2 Å². The van der Waals surface area contributed by atoms with Gasteiger partial charge in [0.15, 0.2) is 0 Å². The van der Waals surface area contributed by atoms with Crippen molar-refractivity contribution >= 4 is 18.2 Å². The highest BCUT2D eigenvalue weighted by molar-refractivity contribution is 5.71. The first-order valence-corrected chi connectivity index (χ1v) is 8.81. The van der Waals surface area contributed by atoms with Gasteiger partial charge in [-0.2, -0.15) is 0 Å². The highest BCUT2D eigenvalue weighted by atomic mass is 16.6. The summed E-state index contributed by atoms with van der Waals surface area (Å²) < 4.78 is 10.2. The normalized spacial score (nSPS) is 12.0. The van der Waals surface area contributed by atoms with Gasteiger partial charge in [0.25, 0.3) is 0 Å². The van der Waals surface area contributed by atoms with E-state index in [1.807, 2.05) is 30.3 Å². The minimum absolute atomic E-state index is 0.175. The summed E-state index contributed by atoms with van der Waals surface area (Å²) in [6.45, 7) is 5.66.